The Morgan fingerprint density at radius 2 is 1.84 bits per heavy atom. The van der Waals surface area contributed by atoms with Gasteiger partial charge in [-0.05, 0) is 56.2 Å². The van der Waals surface area contributed by atoms with Crippen molar-refractivity contribution in [1.29, 1.82) is 0 Å². The number of aryl methyl sites for hydroxylation is 1. The van der Waals surface area contributed by atoms with Crippen LogP contribution in [-0.2, 0) is 27.3 Å². The van der Waals surface area contributed by atoms with E-state index in [1.807, 2.05) is 23.8 Å². The first-order valence-corrected chi connectivity index (χ1v) is 14.5. The summed E-state index contributed by atoms with van der Waals surface area (Å²) in [5.74, 6) is 1.06. The van der Waals surface area contributed by atoms with E-state index in [0.717, 1.165) is 60.7 Å². The van der Waals surface area contributed by atoms with Crippen LogP contribution in [0.25, 0.3) is 10.9 Å². The van der Waals surface area contributed by atoms with Crippen molar-refractivity contribution in [2.45, 2.75) is 104 Å². The Kier molecular flexibility index (Phi) is 9.64. The Hall–Kier alpha value is -2.67. The lowest BCUT2D eigenvalue weighted by atomic mass is 10.0. The highest BCUT2D eigenvalue weighted by Gasteiger charge is 2.41. The molecule has 2 aromatic rings. The van der Waals surface area contributed by atoms with Gasteiger partial charge in [-0.25, -0.2) is 0 Å². The SMILES string of the molecule is CCC(=O)[C@@H]1[C@H]2CCN1C(=O)Cn1cc(C(C)=O)c3cc(OCC(C)C)cc(c31)CCCCCCCCO2. The Bertz CT molecular complexity index is 1150. The highest BCUT2D eigenvalue weighted by molar-refractivity contribution is 6.08. The predicted molar refractivity (Wildman–Crippen MR) is 149 cm³/mol. The summed E-state index contributed by atoms with van der Waals surface area (Å²) in [5.41, 5.74) is 2.63. The molecule has 7 nitrogen and oxygen atoms in total. The van der Waals surface area contributed by atoms with Gasteiger partial charge in [0.1, 0.15) is 18.3 Å². The third-order valence-electron chi connectivity index (χ3n) is 7.81. The van der Waals surface area contributed by atoms with Crippen molar-refractivity contribution < 1.29 is 23.9 Å². The molecule has 0 radical (unpaired) electrons. The van der Waals surface area contributed by atoms with Gasteiger partial charge in [0, 0.05) is 36.7 Å². The molecule has 2 bridgehead atoms. The summed E-state index contributed by atoms with van der Waals surface area (Å²) < 4.78 is 14.2. The Morgan fingerprint density at radius 3 is 2.55 bits per heavy atom. The molecule has 1 aromatic heterocycles. The lowest BCUT2D eigenvalue weighted by Crippen LogP contribution is -2.46. The number of aromatic nitrogens is 1. The largest absolute Gasteiger partial charge is 0.493 e. The molecule has 1 amide bonds. The first-order chi connectivity index (χ1) is 18.3. The van der Waals surface area contributed by atoms with Gasteiger partial charge in [-0.2, -0.15) is 0 Å². The van der Waals surface area contributed by atoms with Crippen molar-refractivity contribution in [3.63, 3.8) is 0 Å². The van der Waals surface area contributed by atoms with Crippen LogP contribution < -0.4 is 4.74 Å². The summed E-state index contributed by atoms with van der Waals surface area (Å²) in [6, 6.07) is 3.50. The minimum absolute atomic E-state index is 0.0380. The fourth-order valence-corrected chi connectivity index (χ4v) is 5.85. The minimum atomic E-state index is -0.534. The number of rotatable bonds is 6. The van der Waals surface area contributed by atoms with Crippen LogP contribution in [0.1, 0.15) is 95.0 Å². The van der Waals surface area contributed by atoms with E-state index in [-0.39, 0.29) is 30.1 Å². The van der Waals surface area contributed by atoms with Crippen LogP contribution in [0.2, 0.25) is 0 Å². The third kappa shape index (κ3) is 6.48. The van der Waals surface area contributed by atoms with E-state index in [4.69, 9.17) is 9.47 Å². The molecular weight excluding hydrogens is 480 g/mol. The average molecular weight is 525 g/mol. The number of ether oxygens (including phenoxy) is 2. The summed E-state index contributed by atoms with van der Waals surface area (Å²) in [5, 5.41) is 0.836. The number of fused-ring (bicyclic) bond motifs is 2. The van der Waals surface area contributed by atoms with E-state index in [1.54, 1.807) is 11.8 Å². The predicted octanol–water partition coefficient (Wildman–Crippen LogP) is 5.74. The molecule has 0 aliphatic carbocycles. The number of Topliss-reactive ketones (excluding diaryl/α,β-unsaturated/α-hetero) is 2. The van der Waals surface area contributed by atoms with E-state index in [0.29, 0.717) is 44.1 Å². The molecule has 4 rings (SSSR count). The van der Waals surface area contributed by atoms with Gasteiger partial charge in [0.2, 0.25) is 5.91 Å². The summed E-state index contributed by atoms with van der Waals surface area (Å²) in [6.07, 6.45) is 10.1. The van der Waals surface area contributed by atoms with E-state index in [2.05, 4.69) is 19.9 Å². The molecule has 7 heteroatoms. The quantitative estimate of drug-likeness (QED) is 0.450. The van der Waals surface area contributed by atoms with Gasteiger partial charge >= 0.3 is 0 Å². The Balaban J connectivity index is 1.75. The molecule has 2 aliphatic rings. The van der Waals surface area contributed by atoms with Crippen LogP contribution in [0.15, 0.2) is 18.3 Å². The second kappa shape index (κ2) is 12.9. The zero-order valence-electron chi connectivity index (χ0n) is 23.6. The van der Waals surface area contributed by atoms with Crippen LogP contribution in [0.5, 0.6) is 5.75 Å². The molecule has 38 heavy (non-hydrogen) atoms. The number of hydrogen-bond acceptors (Lipinski definition) is 5. The highest BCUT2D eigenvalue weighted by atomic mass is 16.5. The Morgan fingerprint density at radius 1 is 1.11 bits per heavy atom. The zero-order chi connectivity index (χ0) is 27.2. The van der Waals surface area contributed by atoms with E-state index < -0.39 is 6.04 Å². The molecule has 0 unspecified atom stereocenters. The van der Waals surface area contributed by atoms with Crippen LogP contribution in [0.4, 0.5) is 0 Å². The summed E-state index contributed by atoms with van der Waals surface area (Å²) in [6.45, 7) is 9.48. The number of ketones is 2. The average Bonchev–Trinajstić information content (AvgIpc) is 3.47. The first-order valence-electron chi connectivity index (χ1n) is 14.5. The molecule has 0 saturated carbocycles. The molecule has 1 aromatic carbocycles. The van der Waals surface area contributed by atoms with Crippen molar-refractivity contribution in [2.24, 2.45) is 5.92 Å². The third-order valence-corrected chi connectivity index (χ3v) is 7.81. The number of carbonyl (C=O) groups excluding carboxylic acids is 3. The van der Waals surface area contributed by atoms with Crippen molar-refractivity contribution in [3.05, 3.63) is 29.5 Å². The summed E-state index contributed by atoms with van der Waals surface area (Å²) in [7, 11) is 0. The minimum Gasteiger partial charge on any atom is -0.493 e. The molecule has 208 valence electrons. The van der Waals surface area contributed by atoms with Crippen LogP contribution >= 0.6 is 0 Å². The van der Waals surface area contributed by atoms with Crippen LogP contribution in [0.3, 0.4) is 0 Å². The van der Waals surface area contributed by atoms with Gasteiger partial charge in [-0.3, -0.25) is 14.4 Å². The van der Waals surface area contributed by atoms with Crippen molar-refractivity contribution in [3.8, 4) is 5.75 Å². The molecular formula is C31H44N2O5. The van der Waals surface area contributed by atoms with E-state index in [9.17, 15) is 14.4 Å². The normalized spacial score (nSPS) is 21.6. The number of amides is 1. The van der Waals surface area contributed by atoms with Crippen LogP contribution in [0, 0.1) is 5.92 Å². The highest BCUT2D eigenvalue weighted by Crippen LogP contribution is 2.33. The maximum Gasteiger partial charge on any atom is 0.243 e. The van der Waals surface area contributed by atoms with Gasteiger partial charge in [-0.15, -0.1) is 0 Å². The molecule has 1 saturated heterocycles. The van der Waals surface area contributed by atoms with Gasteiger partial charge in [-0.1, -0.05) is 46.5 Å². The summed E-state index contributed by atoms with van der Waals surface area (Å²) >= 11 is 0. The van der Waals surface area contributed by atoms with Gasteiger partial charge in [0.25, 0.3) is 0 Å². The molecule has 2 atom stereocenters. The number of benzene rings is 1. The lowest BCUT2D eigenvalue weighted by molar-refractivity contribution is -0.140. The lowest BCUT2D eigenvalue weighted by Gasteiger charge is -2.27. The maximum absolute atomic E-state index is 13.7. The summed E-state index contributed by atoms with van der Waals surface area (Å²) in [4.78, 5) is 41.1. The smallest absolute Gasteiger partial charge is 0.243 e. The van der Waals surface area contributed by atoms with E-state index >= 15 is 0 Å². The fourth-order valence-electron chi connectivity index (χ4n) is 5.85. The first kappa shape index (κ1) is 28.3. The van der Waals surface area contributed by atoms with Gasteiger partial charge in [0.15, 0.2) is 11.6 Å². The molecule has 3 heterocycles. The van der Waals surface area contributed by atoms with Crippen molar-refractivity contribution in [2.75, 3.05) is 19.8 Å². The van der Waals surface area contributed by atoms with E-state index in [1.165, 1.54) is 6.42 Å². The second-order valence-electron chi connectivity index (χ2n) is 11.3. The molecule has 2 aliphatic heterocycles. The monoisotopic (exact) mass is 524 g/mol. The maximum atomic E-state index is 13.7. The molecule has 0 N–H and O–H groups in total. The van der Waals surface area contributed by atoms with Gasteiger partial charge in [0.05, 0.1) is 18.2 Å². The Labute approximate surface area is 226 Å². The number of nitrogens with zero attached hydrogens (tertiary/aromatic N) is 2. The number of carbonyl (C=O) groups is 3. The topological polar surface area (TPSA) is 77.8 Å². The van der Waals surface area contributed by atoms with Gasteiger partial charge < -0.3 is 18.9 Å². The zero-order valence-corrected chi connectivity index (χ0v) is 23.6. The van der Waals surface area contributed by atoms with Crippen LogP contribution in [-0.4, -0.2) is 58.8 Å². The van der Waals surface area contributed by atoms with Crippen molar-refractivity contribution in [1.82, 2.24) is 9.47 Å². The standard InChI is InChI=1S/C31H44N2O5/c1-5-27(35)31-28-13-14-33(31)29(36)19-32-18-26(22(4)34)25-17-24(38-20-21(2)3)16-23(30(25)32)12-10-8-6-7-9-11-15-37-28/h16-18,21,28,31H,5-15,19-20H2,1-4H3/t28-,31-/m1/s1. The molecule has 0 spiro atoms. The van der Waals surface area contributed by atoms with Crippen molar-refractivity contribution >= 4 is 28.4 Å². The molecule has 1 fully saturated rings. The second-order valence-corrected chi connectivity index (χ2v) is 11.3. The fraction of sp³-hybridized carbons (Fsp3) is 0.645. The number of hydrogen-bond donors (Lipinski definition) is 0.